The molecule has 1 aromatic carbocycles. The number of hydrogen-bond acceptors (Lipinski definition) is 3. The lowest BCUT2D eigenvalue weighted by Gasteiger charge is -2.11. The number of likely N-dealkylation sites (N-methyl/N-ethyl adjacent to an activating group) is 1. The van der Waals surface area contributed by atoms with Gasteiger partial charge in [0.15, 0.2) is 0 Å². The molecule has 0 fully saturated rings. The molecular weight excluding hydrogens is 307 g/mol. The standard InChI is InChI=1S/C15H19FN4O.ClH/c1-10(17-3)8-18-15(21)14-9-19-20(11(14)2)13-6-4-12(16)5-7-13;/h4-7,9-10,17H,8H2,1-3H3,(H,18,21);1H. The molecular formula is C15H20ClFN4O. The van der Waals surface area contributed by atoms with Crippen molar-refractivity contribution in [3.63, 3.8) is 0 Å². The number of carbonyl (C=O) groups is 1. The van der Waals surface area contributed by atoms with E-state index in [4.69, 9.17) is 0 Å². The monoisotopic (exact) mass is 326 g/mol. The molecule has 2 N–H and O–H groups in total. The SMILES string of the molecule is CNC(C)CNC(=O)c1cnn(-c2ccc(F)cc2)c1C.Cl. The van der Waals surface area contributed by atoms with Gasteiger partial charge in [-0.15, -0.1) is 12.4 Å². The summed E-state index contributed by atoms with van der Waals surface area (Å²) in [6.07, 6.45) is 1.53. The predicted molar refractivity (Wildman–Crippen MR) is 86.4 cm³/mol. The van der Waals surface area contributed by atoms with E-state index in [9.17, 15) is 9.18 Å². The maximum Gasteiger partial charge on any atom is 0.254 e. The van der Waals surface area contributed by atoms with E-state index in [1.807, 2.05) is 20.9 Å². The molecule has 1 amide bonds. The van der Waals surface area contributed by atoms with Gasteiger partial charge in [-0.05, 0) is 45.2 Å². The fourth-order valence-electron chi connectivity index (χ4n) is 1.92. The van der Waals surface area contributed by atoms with Crippen molar-refractivity contribution in [3.8, 4) is 5.69 Å². The first kappa shape index (κ1) is 18.1. The average molecular weight is 327 g/mol. The number of halogens is 2. The molecule has 2 aromatic rings. The lowest BCUT2D eigenvalue weighted by Crippen LogP contribution is -2.37. The molecule has 1 atom stereocenters. The fraction of sp³-hybridized carbons (Fsp3) is 0.333. The third-order valence-electron chi connectivity index (χ3n) is 3.39. The van der Waals surface area contributed by atoms with Crippen molar-refractivity contribution in [2.24, 2.45) is 0 Å². The van der Waals surface area contributed by atoms with Crippen molar-refractivity contribution in [2.75, 3.05) is 13.6 Å². The van der Waals surface area contributed by atoms with Gasteiger partial charge in [-0.2, -0.15) is 5.10 Å². The number of benzene rings is 1. The van der Waals surface area contributed by atoms with Crippen LogP contribution in [0.4, 0.5) is 4.39 Å². The van der Waals surface area contributed by atoms with Crippen LogP contribution in [0.15, 0.2) is 30.5 Å². The first-order valence-electron chi connectivity index (χ1n) is 6.79. The summed E-state index contributed by atoms with van der Waals surface area (Å²) in [6, 6.07) is 6.18. The van der Waals surface area contributed by atoms with E-state index in [1.54, 1.807) is 16.8 Å². The highest BCUT2D eigenvalue weighted by atomic mass is 35.5. The second-order valence-electron chi connectivity index (χ2n) is 4.93. The zero-order valence-corrected chi connectivity index (χ0v) is 13.6. The highest BCUT2D eigenvalue weighted by molar-refractivity contribution is 5.95. The Morgan fingerprint density at radius 1 is 1.36 bits per heavy atom. The summed E-state index contributed by atoms with van der Waals surface area (Å²) in [5, 5.41) is 10.1. The van der Waals surface area contributed by atoms with Crippen molar-refractivity contribution in [1.82, 2.24) is 20.4 Å². The van der Waals surface area contributed by atoms with Crippen LogP contribution < -0.4 is 10.6 Å². The van der Waals surface area contributed by atoms with Crippen molar-refractivity contribution in [1.29, 1.82) is 0 Å². The van der Waals surface area contributed by atoms with Gasteiger partial charge >= 0.3 is 0 Å². The quantitative estimate of drug-likeness (QED) is 0.884. The topological polar surface area (TPSA) is 58.9 Å². The zero-order valence-electron chi connectivity index (χ0n) is 12.8. The molecule has 0 saturated heterocycles. The molecule has 0 bridgehead atoms. The summed E-state index contributed by atoms with van der Waals surface area (Å²) in [5.41, 5.74) is 1.95. The third kappa shape index (κ3) is 4.05. The Kier molecular flexibility index (Phi) is 6.52. The molecule has 1 aromatic heterocycles. The Bertz CT molecular complexity index is 627. The van der Waals surface area contributed by atoms with Gasteiger partial charge in [-0.1, -0.05) is 0 Å². The molecule has 0 radical (unpaired) electrons. The number of aromatic nitrogens is 2. The van der Waals surface area contributed by atoms with Crippen molar-refractivity contribution < 1.29 is 9.18 Å². The molecule has 0 aliphatic heterocycles. The molecule has 1 unspecified atom stereocenters. The van der Waals surface area contributed by atoms with Crippen LogP contribution in [0.3, 0.4) is 0 Å². The van der Waals surface area contributed by atoms with Gasteiger partial charge in [0.1, 0.15) is 5.82 Å². The van der Waals surface area contributed by atoms with Gasteiger partial charge in [0.25, 0.3) is 5.91 Å². The summed E-state index contributed by atoms with van der Waals surface area (Å²) in [6.45, 7) is 4.33. The maximum atomic E-state index is 12.9. The van der Waals surface area contributed by atoms with Crippen LogP contribution in [0.5, 0.6) is 0 Å². The summed E-state index contributed by atoms with van der Waals surface area (Å²) in [5.74, 6) is -0.467. The Hall–Kier alpha value is -1.92. The minimum absolute atomic E-state index is 0. The fourth-order valence-corrected chi connectivity index (χ4v) is 1.92. The van der Waals surface area contributed by atoms with E-state index in [1.165, 1.54) is 18.3 Å². The Morgan fingerprint density at radius 3 is 2.59 bits per heavy atom. The molecule has 0 spiro atoms. The van der Waals surface area contributed by atoms with E-state index in [0.717, 1.165) is 11.4 Å². The predicted octanol–water partition coefficient (Wildman–Crippen LogP) is 2.08. The number of nitrogens with one attached hydrogen (secondary N) is 2. The van der Waals surface area contributed by atoms with Crippen molar-refractivity contribution in [2.45, 2.75) is 19.9 Å². The zero-order chi connectivity index (χ0) is 15.4. The Balaban J connectivity index is 0.00000242. The van der Waals surface area contributed by atoms with E-state index in [0.29, 0.717) is 12.1 Å². The van der Waals surface area contributed by atoms with Gasteiger partial charge in [0, 0.05) is 12.6 Å². The van der Waals surface area contributed by atoms with Gasteiger partial charge in [0.05, 0.1) is 23.1 Å². The smallest absolute Gasteiger partial charge is 0.254 e. The largest absolute Gasteiger partial charge is 0.350 e. The summed E-state index contributed by atoms with van der Waals surface area (Å²) < 4.78 is 14.6. The molecule has 2 rings (SSSR count). The van der Waals surface area contributed by atoms with Crippen molar-refractivity contribution in [3.05, 3.63) is 47.5 Å². The third-order valence-corrected chi connectivity index (χ3v) is 3.39. The average Bonchev–Trinajstić information content (AvgIpc) is 2.87. The highest BCUT2D eigenvalue weighted by Gasteiger charge is 2.15. The molecule has 5 nitrogen and oxygen atoms in total. The summed E-state index contributed by atoms with van der Waals surface area (Å²) >= 11 is 0. The number of rotatable bonds is 5. The Morgan fingerprint density at radius 2 is 2.00 bits per heavy atom. The second-order valence-corrected chi connectivity index (χ2v) is 4.93. The van der Waals surface area contributed by atoms with Crippen LogP contribution in [0, 0.1) is 12.7 Å². The van der Waals surface area contributed by atoms with Crippen LogP contribution in [0.25, 0.3) is 5.69 Å². The van der Waals surface area contributed by atoms with Crippen LogP contribution in [-0.4, -0.2) is 35.3 Å². The lowest BCUT2D eigenvalue weighted by molar-refractivity contribution is 0.0950. The normalized spacial score (nSPS) is 11.6. The molecule has 1 heterocycles. The lowest BCUT2D eigenvalue weighted by atomic mass is 10.2. The van der Waals surface area contributed by atoms with Gasteiger partial charge in [0.2, 0.25) is 0 Å². The minimum atomic E-state index is -0.303. The van der Waals surface area contributed by atoms with E-state index in [-0.39, 0.29) is 30.2 Å². The molecule has 0 aliphatic carbocycles. The maximum absolute atomic E-state index is 12.9. The van der Waals surface area contributed by atoms with Crippen LogP contribution in [-0.2, 0) is 0 Å². The molecule has 120 valence electrons. The highest BCUT2D eigenvalue weighted by Crippen LogP contribution is 2.14. The first-order valence-corrected chi connectivity index (χ1v) is 6.79. The van der Waals surface area contributed by atoms with E-state index < -0.39 is 0 Å². The van der Waals surface area contributed by atoms with Gasteiger partial charge < -0.3 is 10.6 Å². The van der Waals surface area contributed by atoms with Crippen molar-refractivity contribution >= 4 is 18.3 Å². The Labute approximate surface area is 135 Å². The minimum Gasteiger partial charge on any atom is -0.350 e. The molecule has 22 heavy (non-hydrogen) atoms. The van der Waals surface area contributed by atoms with Crippen LogP contribution in [0.1, 0.15) is 23.0 Å². The van der Waals surface area contributed by atoms with Gasteiger partial charge in [-0.25, -0.2) is 9.07 Å². The summed E-state index contributed by atoms with van der Waals surface area (Å²) in [4.78, 5) is 12.1. The first-order chi connectivity index (χ1) is 10.0. The van der Waals surface area contributed by atoms with Crippen LogP contribution >= 0.6 is 12.4 Å². The molecule has 7 heteroatoms. The number of hydrogen-bond donors (Lipinski definition) is 2. The molecule has 0 aliphatic rings. The number of nitrogens with zero attached hydrogens (tertiary/aromatic N) is 2. The van der Waals surface area contributed by atoms with Gasteiger partial charge in [-0.3, -0.25) is 4.79 Å². The molecule has 0 saturated carbocycles. The van der Waals surface area contributed by atoms with E-state index in [2.05, 4.69) is 15.7 Å². The second kappa shape index (κ2) is 7.91. The van der Waals surface area contributed by atoms with Crippen LogP contribution in [0.2, 0.25) is 0 Å². The number of amides is 1. The van der Waals surface area contributed by atoms with E-state index >= 15 is 0 Å². The number of carbonyl (C=O) groups excluding carboxylic acids is 1. The summed E-state index contributed by atoms with van der Waals surface area (Å²) in [7, 11) is 1.84.